The summed E-state index contributed by atoms with van der Waals surface area (Å²) >= 11 is 0. The van der Waals surface area contributed by atoms with E-state index in [-0.39, 0.29) is 164 Å². The third-order valence-corrected chi connectivity index (χ3v) is 25.9. The zero-order chi connectivity index (χ0) is 96.9. The van der Waals surface area contributed by atoms with E-state index in [0.29, 0.717) is 64.4 Å². The highest BCUT2D eigenvalue weighted by Gasteiger charge is 2.33. The van der Waals surface area contributed by atoms with Gasteiger partial charge in [-0.05, 0) is 107 Å². The number of carbonyl (C=O) groups excluding carboxylic acids is 1. The molecule has 0 aliphatic carbocycles. The Morgan fingerprint density at radius 3 is 1.01 bits per heavy atom. The fourth-order valence-electron chi connectivity index (χ4n) is 12.4. The number of aromatic amines is 4. The lowest BCUT2D eigenvalue weighted by Crippen LogP contribution is -2.34. The van der Waals surface area contributed by atoms with Crippen LogP contribution in [0, 0.1) is 41.2 Å². The van der Waals surface area contributed by atoms with Gasteiger partial charge in [-0.15, -0.1) is 0 Å². The second-order valence-electron chi connectivity index (χ2n) is 30.2. The molecule has 0 aliphatic heterocycles. The number of esters is 1. The van der Waals surface area contributed by atoms with Crippen molar-refractivity contribution in [1.29, 1.82) is 0 Å². The molecular weight excluding hydrogens is 1850 g/mol. The van der Waals surface area contributed by atoms with Gasteiger partial charge in [-0.3, -0.25) is 75.7 Å². The summed E-state index contributed by atoms with van der Waals surface area (Å²) in [5.74, 6) is 3.15. The molecule has 13 N–H and O–H groups in total. The number of nitrogens with two attached hydrogens (primary N) is 4. The van der Waals surface area contributed by atoms with E-state index in [1.165, 1.54) is 25.3 Å². The van der Waals surface area contributed by atoms with Gasteiger partial charge in [0.1, 0.15) is 85.8 Å². The summed E-state index contributed by atoms with van der Waals surface area (Å²) in [6.45, 7) is 21.8. The van der Waals surface area contributed by atoms with E-state index in [0.717, 1.165) is 44.9 Å². The number of nitrogens with one attached hydrogen (secondary N) is 5. The number of hydrogen-bond donors (Lipinski definition) is 9. The fraction of sp³-hybridized carbons (Fsp3) is 0.326. The summed E-state index contributed by atoms with van der Waals surface area (Å²) in [5, 5.41) is 2.73. The van der Waals surface area contributed by atoms with Gasteiger partial charge in [-0.2, -0.15) is 19.9 Å². The molecule has 136 heavy (non-hydrogen) atoms. The number of hydrogen-bond acceptors (Lipinski definition) is 36. The van der Waals surface area contributed by atoms with Crippen LogP contribution < -0.4 is 50.3 Å². The van der Waals surface area contributed by atoms with Gasteiger partial charge in [-0.25, -0.2) is 29.9 Å². The normalized spacial score (nSPS) is 13.5. The minimum Gasteiger partial charge on any atom is -0.465 e. The standard InChI is InChI=1S/C22H23N6O6P.2C22H26N5O6P.C20H27N6O6P/c1-15-3-8-18(34-15)12-33-35(30,32-11-16-4-6-17(24-2)7-5-16)14-31-10-9-28-13-25-19-20(28)26-22(23)27-21(19)29;2*1-15-3-6-17(7-4-15)11-31-34(29,32-12-18-8-5-16(2)33-18)14-30-10-9-27-13-24-19-20(27)25-22(23)26-21(19)28;1-3-31-19(28)14(2)25-33(29,32-11-15-7-5-4-6-8-15)13-30-10-9-26-12-22-16-17(26)23-20(21)24-18(16)27/h3-8,13H,9-12,14H2,1H3,(H3,23,26,27,29);2*3-8,13H,9-12,14H2,1-2H3,(H3,23,25,26,28);4-8,12,14H,3,9-11,13H2,1-2H3,(H,25,29)(H3,21,23,24,27). The molecule has 5 unspecified atom stereocenters. The minimum absolute atomic E-state index is 0.00395. The summed E-state index contributed by atoms with van der Waals surface area (Å²) in [6, 6.07) is 41.2. The van der Waals surface area contributed by atoms with Crippen molar-refractivity contribution >= 4 is 110 Å². The Morgan fingerprint density at radius 2 is 0.706 bits per heavy atom. The first-order valence-corrected chi connectivity index (χ1v) is 49.0. The second-order valence-corrected chi connectivity index (χ2v) is 38.3. The van der Waals surface area contributed by atoms with Crippen LogP contribution in [0.5, 0.6) is 0 Å². The number of aromatic nitrogens is 16. The van der Waals surface area contributed by atoms with Crippen LogP contribution in [0.4, 0.5) is 29.5 Å². The van der Waals surface area contributed by atoms with Crippen molar-refractivity contribution < 1.29 is 91.7 Å². The summed E-state index contributed by atoms with van der Waals surface area (Å²) in [5.41, 5.74) is 28.7. The lowest BCUT2D eigenvalue weighted by atomic mass is 10.2. The highest BCUT2D eigenvalue weighted by Crippen LogP contribution is 2.52. The molecule has 5 atom stereocenters. The third-order valence-electron chi connectivity index (χ3n) is 19.4. The average Bonchev–Trinajstić information content (AvgIpc) is 1.67. The highest BCUT2D eigenvalue weighted by molar-refractivity contribution is 7.56. The molecule has 0 amide bonds. The SMILES string of the molecule is CCOC(=O)C(C)NP(=O)(COCCn1cnc2c(=O)[nH]c(N)nc21)OCc1ccccc1.Cc1ccc(COP(=O)(COCCn2cnc3c(=O)[nH]c(N)nc32)OCc2ccc(C)o2)cc1.Cc1ccc(COP(=O)(COCCn2cnc3c(=O)[nH]c(N)nc32)OCc2ccc(C)o2)cc1.[C-]#[N+]c1ccc(COP(=O)(COCCn2cnc3c(=O)[nH]c(N)nc32)OCc2ccc(C)o2)cc1. The first-order valence-electron chi connectivity index (χ1n) is 42.0. The number of benzene rings is 4. The molecule has 15 rings (SSSR count). The van der Waals surface area contributed by atoms with Crippen molar-refractivity contribution in [3.63, 3.8) is 0 Å². The highest BCUT2D eigenvalue weighted by atomic mass is 31.2. The number of H-pyrrole nitrogens is 4. The maximum atomic E-state index is 13.4. The van der Waals surface area contributed by atoms with E-state index in [4.69, 9.17) is 98.1 Å². The smallest absolute Gasteiger partial charge is 0.356 e. The summed E-state index contributed by atoms with van der Waals surface area (Å²) in [4.78, 5) is 105. The Kier molecular flexibility index (Phi) is 36.1. The molecule has 50 heteroatoms. The molecule has 46 nitrogen and oxygen atoms in total. The van der Waals surface area contributed by atoms with E-state index in [2.05, 4.69) is 69.7 Å². The van der Waals surface area contributed by atoms with E-state index < -0.39 is 64.6 Å². The molecule has 0 bridgehead atoms. The number of rotatable bonds is 45. The molecular formula is C86H102N22O24P4. The van der Waals surface area contributed by atoms with Gasteiger partial charge in [0.25, 0.3) is 29.8 Å². The molecule has 15 aromatic rings. The number of anilines is 4. The molecule has 0 saturated heterocycles. The Morgan fingerprint density at radius 1 is 0.412 bits per heavy atom. The minimum atomic E-state index is -3.69. The van der Waals surface area contributed by atoms with Crippen molar-refractivity contribution in [1.82, 2.24) is 83.2 Å². The number of aryl methyl sites for hydroxylation is 5. The maximum Gasteiger partial charge on any atom is 0.356 e. The Hall–Kier alpha value is -13.3. The van der Waals surface area contributed by atoms with Crippen LogP contribution in [0.25, 0.3) is 49.5 Å². The van der Waals surface area contributed by atoms with Gasteiger partial charge in [0.2, 0.25) is 23.8 Å². The van der Waals surface area contributed by atoms with E-state index in [1.807, 2.05) is 107 Å². The van der Waals surface area contributed by atoms with E-state index in [1.54, 1.807) is 99.7 Å². The average molecular weight is 1950 g/mol. The predicted octanol–water partition coefficient (Wildman–Crippen LogP) is 12.4. The molecule has 0 fully saturated rings. The van der Waals surface area contributed by atoms with Gasteiger partial charge in [0, 0.05) is 26.2 Å². The molecule has 0 radical (unpaired) electrons. The van der Waals surface area contributed by atoms with Gasteiger partial charge in [-0.1, -0.05) is 114 Å². The first kappa shape index (κ1) is 102. The van der Waals surface area contributed by atoms with Crippen LogP contribution in [0.2, 0.25) is 0 Å². The maximum absolute atomic E-state index is 13.4. The lowest BCUT2D eigenvalue weighted by Gasteiger charge is -2.23. The summed E-state index contributed by atoms with van der Waals surface area (Å²) in [7, 11) is -14.5. The van der Waals surface area contributed by atoms with Gasteiger partial charge in [0.15, 0.2) is 50.3 Å². The van der Waals surface area contributed by atoms with Crippen molar-refractivity contribution in [3.8, 4) is 0 Å². The topological polar surface area (TPSA) is 610 Å². The molecule has 0 aliphatic rings. The Balaban J connectivity index is 0.000000163. The largest absolute Gasteiger partial charge is 0.465 e. The second kappa shape index (κ2) is 48.3. The molecule has 0 saturated carbocycles. The molecule has 0 spiro atoms. The molecule has 11 heterocycles. The Bertz CT molecular complexity index is 6790. The van der Waals surface area contributed by atoms with Gasteiger partial charge >= 0.3 is 28.8 Å². The van der Waals surface area contributed by atoms with Crippen LogP contribution in [0.1, 0.15) is 81.8 Å². The first-order chi connectivity index (χ1) is 65.3. The number of ether oxygens (including phenoxy) is 5. The van der Waals surface area contributed by atoms with Crippen LogP contribution >= 0.6 is 30.3 Å². The quantitative estimate of drug-likeness (QED) is 0.00741. The van der Waals surface area contributed by atoms with Crippen molar-refractivity contribution in [2.45, 2.75) is 127 Å². The number of fused-ring (bicyclic) bond motifs is 4. The zero-order valence-electron chi connectivity index (χ0n) is 75.0. The molecule has 4 aromatic carbocycles. The zero-order valence-corrected chi connectivity index (χ0v) is 78.6. The van der Waals surface area contributed by atoms with Gasteiger partial charge in [0.05, 0.1) is 91.3 Å². The monoisotopic (exact) mass is 1950 g/mol. The number of nitrogens with zero attached hydrogens (tertiary/aromatic N) is 13. The van der Waals surface area contributed by atoms with Gasteiger partial charge < -0.3 is 96.2 Å². The van der Waals surface area contributed by atoms with E-state index in [9.17, 15) is 42.2 Å². The van der Waals surface area contributed by atoms with E-state index >= 15 is 0 Å². The fourth-order valence-corrected chi connectivity index (χ4v) is 17.8. The van der Waals surface area contributed by atoms with Crippen LogP contribution in [-0.4, -0.2) is 149 Å². The van der Waals surface area contributed by atoms with Crippen molar-refractivity contribution in [3.05, 3.63) is 286 Å². The number of nitrogen functional groups attached to an aromatic ring is 4. The van der Waals surface area contributed by atoms with Crippen molar-refractivity contribution in [2.24, 2.45) is 0 Å². The number of imidazole rings is 4. The summed E-state index contributed by atoms with van der Waals surface area (Å²) < 4.78 is 144. The third kappa shape index (κ3) is 30.1. The van der Waals surface area contributed by atoms with Crippen LogP contribution in [0.15, 0.2) is 197 Å². The van der Waals surface area contributed by atoms with Crippen molar-refractivity contribution in [2.75, 3.05) is 81.4 Å². The molecule has 11 aromatic heterocycles. The number of carbonyl (C=O) groups is 1. The lowest BCUT2D eigenvalue weighted by molar-refractivity contribution is -0.144. The molecule has 720 valence electrons. The summed E-state index contributed by atoms with van der Waals surface area (Å²) in [6.07, 6.45) is 4.72. The van der Waals surface area contributed by atoms with Crippen LogP contribution in [0.3, 0.4) is 0 Å². The van der Waals surface area contributed by atoms with Crippen LogP contribution in [-0.2, 0) is 151 Å². The number of furan rings is 3. The predicted molar refractivity (Wildman–Crippen MR) is 499 cm³/mol. The Labute approximate surface area is 775 Å².